The summed E-state index contributed by atoms with van der Waals surface area (Å²) in [6, 6.07) is 3.94. The standard InChI is InChI=1S/C14H20N2O2/c1-11-4-7-15-12(8-11)9-16-13(17)14(10-18-2)5-3-6-14/h4,7-8H,3,5-6,9-10H2,1-2H3,(H,16,17). The Bertz CT molecular complexity index is 428. The van der Waals surface area contributed by atoms with Crippen LogP contribution in [0.4, 0.5) is 0 Å². The molecule has 1 heterocycles. The topological polar surface area (TPSA) is 51.2 Å². The van der Waals surface area contributed by atoms with Crippen LogP contribution in [0.5, 0.6) is 0 Å². The third kappa shape index (κ3) is 2.70. The van der Waals surface area contributed by atoms with E-state index in [2.05, 4.69) is 10.3 Å². The van der Waals surface area contributed by atoms with Gasteiger partial charge in [-0.2, -0.15) is 0 Å². The van der Waals surface area contributed by atoms with Gasteiger partial charge in [0.25, 0.3) is 0 Å². The Morgan fingerprint density at radius 3 is 2.89 bits per heavy atom. The molecule has 0 saturated heterocycles. The highest BCUT2D eigenvalue weighted by Gasteiger charge is 2.43. The molecule has 4 nitrogen and oxygen atoms in total. The smallest absolute Gasteiger partial charge is 0.228 e. The third-order valence-corrected chi connectivity index (χ3v) is 3.62. The van der Waals surface area contributed by atoms with Gasteiger partial charge in [0.15, 0.2) is 0 Å². The van der Waals surface area contributed by atoms with E-state index >= 15 is 0 Å². The molecule has 0 aromatic carbocycles. The van der Waals surface area contributed by atoms with Gasteiger partial charge in [0.05, 0.1) is 24.3 Å². The van der Waals surface area contributed by atoms with Gasteiger partial charge in [0.2, 0.25) is 5.91 Å². The van der Waals surface area contributed by atoms with Crippen LogP contribution >= 0.6 is 0 Å². The zero-order chi connectivity index (χ0) is 13.0. The number of aryl methyl sites for hydroxylation is 1. The number of hydrogen-bond donors (Lipinski definition) is 1. The maximum absolute atomic E-state index is 12.2. The van der Waals surface area contributed by atoms with Crippen molar-refractivity contribution in [1.82, 2.24) is 10.3 Å². The molecule has 1 amide bonds. The number of carbonyl (C=O) groups excluding carboxylic acids is 1. The molecule has 2 rings (SSSR count). The molecule has 0 unspecified atom stereocenters. The van der Waals surface area contributed by atoms with Crippen molar-refractivity contribution in [3.8, 4) is 0 Å². The number of pyridine rings is 1. The van der Waals surface area contributed by atoms with Crippen LogP contribution in [-0.2, 0) is 16.1 Å². The zero-order valence-electron chi connectivity index (χ0n) is 11.0. The molecule has 98 valence electrons. The van der Waals surface area contributed by atoms with E-state index < -0.39 is 0 Å². The highest BCUT2D eigenvalue weighted by atomic mass is 16.5. The summed E-state index contributed by atoms with van der Waals surface area (Å²) >= 11 is 0. The average molecular weight is 248 g/mol. The second kappa shape index (κ2) is 5.48. The molecule has 1 aliphatic rings. The summed E-state index contributed by atoms with van der Waals surface area (Å²) in [4.78, 5) is 16.4. The van der Waals surface area contributed by atoms with Gasteiger partial charge in [-0.05, 0) is 37.5 Å². The number of ether oxygens (including phenoxy) is 1. The molecule has 1 N–H and O–H groups in total. The predicted octanol–water partition coefficient (Wildman–Crippen LogP) is 1.82. The van der Waals surface area contributed by atoms with Gasteiger partial charge in [-0.15, -0.1) is 0 Å². The second-order valence-corrected chi connectivity index (χ2v) is 5.07. The molecule has 1 fully saturated rings. The zero-order valence-corrected chi connectivity index (χ0v) is 11.0. The lowest BCUT2D eigenvalue weighted by molar-refractivity contribution is -0.140. The second-order valence-electron chi connectivity index (χ2n) is 5.07. The van der Waals surface area contributed by atoms with Gasteiger partial charge in [0, 0.05) is 13.3 Å². The molecule has 0 aliphatic heterocycles. The molecule has 0 atom stereocenters. The van der Waals surface area contributed by atoms with Gasteiger partial charge in [-0.3, -0.25) is 9.78 Å². The minimum atomic E-state index is -0.293. The van der Waals surface area contributed by atoms with Gasteiger partial charge >= 0.3 is 0 Å². The number of amides is 1. The van der Waals surface area contributed by atoms with Crippen molar-refractivity contribution < 1.29 is 9.53 Å². The fraction of sp³-hybridized carbons (Fsp3) is 0.571. The Morgan fingerprint density at radius 1 is 1.56 bits per heavy atom. The molecule has 4 heteroatoms. The van der Waals surface area contributed by atoms with Gasteiger partial charge < -0.3 is 10.1 Å². The average Bonchev–Trinajstić information content (AvgIpc) is 2.31. The van der Waals surface area contributed by atoms with E-state index in [1.165, 1.54) is 0 Å². The molecule has 0 radical (unpaired) electrons. The molecule has 1 aliphatic carbocycles. The van der Waals surface area contributed by atoms with Gasteiger partial charge in [-0.1, -0.05) is 6.42 Å². The van der Waals surface area contributed by atoms with Crippen molar-refractivity contribution in [3.05, 3.63) is 29.6 Å². The first kappa shape index (κ1) is 13.0. The van der Waals surface area contributed by atoms with Gasteiger partial charge in [-0.25, -0.2) is 0 Å². The van der Waals surface area contributed by atoms with Crippen LogP contribution in [0.3, 0.4) is 0 Å². The minimum Gasteiger partial charge on any atom is -0.384 e. The number of methoxy groups -OCH3 is 1. The quantitative estimate of drug-likeness (QED) is 0.864. The van der Waals surface area contributed by atoms with Crippen LogP contribution in [0.1, 0.15) is 30.5 Å². The van der Waals surface area contributed by atoms with Crippen molar-refractivity contribution in [3.63, 3.8) is 0 Å². The minimum absolute atomic E-state index is 0.0962. The number of hydrogen-bond acceptors (Lipinski definition) is 3. The first-order valence-electron chi connectivity index (χ1n) is 6.35. The molecule has 1 aromatic rings. The van der Waals surface area contributed by atoms with Crippen LogP contribution < -0.4 is 5.32 Å². The van der Waals surface area contributed by atoms with E-state index in [9.17, 15) is 4.79 Å². The van der Waals surface area contributed by atoms with Crippen molar-refractivity contribution in [2.45, 2.75) is 32.7 Å². The highest BCUT2D eigenvalue weighted by molar-refractivity contribution is 5.83. The van der Waals surface area contributed by atoms with E-state index in [0.717, 1.165) is 30.5 Å². The molecule has 18 heavy (non-hydrogen) atoms. The van der Waals surface area contributed by atoms with Crippen molar-refractivity contribution >= 4 is 5.91 Å². The Balaban J connectivity index is 1.91. The molecule has 1 saturated carbocycles. The lowest BCUT2D eigenvalue weighted by atomic mass is 9.68. The number of aromatic nitrogens is 1. The Kier molecular flexibility index (Phi) is 3.97. The summed E-state index contributed by atoms with van der Waals surface area (Å²) in [7, 11) is 1.65. The number of rotatable bonds is 5. The highest BCUT2D eigenvalue weighted by Crippen LogP contribution is 2.41. The van der Waals surface area contributed by atoms with Crippen LogP contribution in [0.15, 0.2) is 18.3 Å². The first-order chi connectivity index (χ1) is 8.66. The maximum Gasteiger partial charge on any atom is 0.228 e. The fourth-order valence-electron chi connectivity index (χ4n) is 2.37. The number of carbonyl (C=O) groups is 1. The van der Waals surface area contributed by atoms with Crippen LogP contribution in [0.25, 0.3) is 0 Å². The van der Waals surface area contributed by atoms with E-state index in [-0.39, 0.29) is 11.3 Å². The summed E-state index contributed by atoms with van der Waals surface area (Å²) in [5.74, 6) is 0.0962. The lowest BCUT2D eigenvalue weighted by Crippen LogP contribution is -2.48. The molecule has 0 spiro atoms. The van der Waals surface area contributed by atoms with Crippen molar-refractivity contribution in [1.29, 1.82) is 0 Å². The Hall–Kier alpha value is -1.42. The third-order valence-electron chi connectivity index (χ3n) is 3.62. The van der Waals surface area contributed by atoms with Crippen LogP contribution in [0.2, 0.25) is 0 Å². The van der Waals surface area contributed by atoms with E-state index in [1.54, 1.807) is 13.3 Å². The SMILES string of the molecule is COCC1(C(=O)NCc2cc(C)ccn2)CCC1. The largest absolute Gasteiger partial charge is 0.384 e. The van der Waals surface area contributed by atoms with Crippen LogP contribution in [-0.4, -0.2) is 24.6 Å². The first-order valence-corrected chi connectivity index (χ1v) is 6.35. The molecular formula is C14H20N2O2. The van der Waals surface area contributed by atoms with Gasteiger partial charge in [0.1, 0.15) is 0 Å². The monoisotopic (exact) mass is 248 g/mol. The predicted molar refractivity (Wildman–Crippen MR) is 69.0 cm³/mol. The fourth-order valence-corrected chi connectivity index (χ4v) is 2.37. The lowest BCUT2D eigenvalue weighted by Gasteiger charge is -2.39. The molecular weight excluding hydrogens is 228 g/mol. The van der Waals surface area contributed by atoms with E-state index in [4.69, 9.17) is 4.74 Å². The summed E-state index contributed by atoms with van der Waals surface area (Å²) in [6.07, 6.45) is 4.73. The molecule has 1 aromatic heterocycles. The summed E-state index contributed by atoms with van der Waals surface area (Å²) in [5, 5.41) is 2.97. The normalized spacial score (nSPS) is 17.0. The van der Waals surface area contributed by atoms with Crippen molar-refractivity contribution in [2.75, 3.05) is 13.7 Å². The molecule has 0 bridgehead atoms. The van der Waals surface area contributed by atoms with Crippen molar-refractivity contribution in [2.24, 2.45) is 5.41 Å². The summed E-state index contributed by atoms with van der Waals surface area (Å²) in [5.41, 5.74) is 1.76. The maximum atomic E-state index is 12.2. The number of nitrogens with zero attached hydrogens (tertiary/aromatic N) is 1. The Morgan fingerprint density at radius 2 is 2.33 bits per heavy atom. The summed E-state index contributed by atoms with van der Waals surface area (Å²) < 4.78 is 5.16. The van der Waals surface area contributed by atoms with E-state index in [0.29, 0.717) is 13.2 Å². The Labute approximate surface area is 108 Å². The van der Waals surface area contributed by atoms with E-state index in [1.807, 2.05) is 19.1 Å². The summed E-state index contributed by atoms with van der Waals surface area (Å²) in [6.45, 7) is 3.03. The van der Waals surface area contributed by atoms with Crippen LogP contribution in [0, 0.1) is 12.3 Å². The number of nitrogens with one attached hydrogen (secondary N) is 1.